The number of hydrogen-bond acceptors (Lipinski definition) is 7. The molecule has 0 aromatic carbocycles. The number of ketones is 2. The summed E-state index contributed by atoms with van der Waals surface area (Å²) in [4.78, 5) is 28.2. The van der Waals surface area contributed by atoms with Crippen LogP contribution < -0.4 is 0 Å². The van der Waals surface area contributed by atoms with Gasteiger partial charge in [-0.05, 0) is 90.1 Å². The molecule has 37 heavy (non-hydrogen) atoms. The Balaban J connectivity index is 1.39. The zero-order valence-corrected chi connectivity index (χ0v) is 22.3. The Bertz CT molecular complexity index is 1080. The summed E-state index contributed by atoms with van der Waals surface area (Å²) in [5.74, 6) is -1.20. The van der Waals surface area contributed by atoms with Gasteiger partial charge in [0.05, 0.1) is 12.2 Å². The molecule has 0 spiro atoms. The van der Waals surface area contributed by atoms with Gasteiger partial charge in [-0.15, -0.1) is 0 Å². The SMILES string of the molecule is CC1=C2CC[C@H]3[C@@H]4C[C@H]5OC(C6CCN(C)CC6)O[C@@]5(C(=O)CO)[C@@]4(C)C[C@H](O)[C@]3(F)[C@@]2(C)C=CC1=O. The molecule has 2 N–H and O–H groups in total. The monoisotopic (exact) mass is 517 g/mol. The van der Waals surface area contributed by atoms with Gasteiger partial charge >= 0.3 is 0 Å². The maximum absolute atomic E-state index is 17.6. The molecule has 2 saturated heterocycles. The first-order chi connectivity index (χ1) is 17.4. The number of nitrogens with zero attached hydrogens (tertiary/aromatic N) is 1. The van der Waals surface area contributed by atoms with Crippen LogP contribution in [0.15, 0.2) is 23.3 Å². The number of aliphatic hydroxyl groups excluding tert-OH is 2. The van der Waals surface area contributed by atoms with Gasteiger partial charge < -0.3 is 24.6 Å². The van der Waals surface area contributed by atoms with E-state index < -0.39 is 58.9 Å². The van der Waals surface area contributed by atoms with Crippen LogP contribution in [-0.2, 0) is 19.1 Å². The highest BCUT2D eigenvalue weighted by Gasteiger charge is 2.79. The molecule has 2 aliphatic heterocycles. The van der Waals surface area contributed by atoms with Crippen LogP contribution in [-0.4, -0.2) is 83.2 Å². The lowest BCUT2D eigenvalue weighted by Crippen LogP contribution is -2.70. The normalized spacial score (nSPS) is 50.0. The molecule has 3 saturated carbocycles. The third kappa shape index (κ3) is 3.05. The van der Waals surface area contributed by atoms with Crippen molar-refractivity contribution < 1.29 is 33.7 Å². The summed E-state index contributed by atoms with van der Waals surface area (Å²) < 4.78 is 30.7. The zero-order chi connectivity index (χ0) is 26.5. The Morgan fingerprint density at radius 2 is 1.92 bits per heavy atom. The van der Waals surface area contributed by atoms with E-state index in [-0.39, 0.29) is 24.0 Å². The standard InChI is InChI=1S/C29H40FNO6/c1-16-18-5-6-19-20-13-24-29(23(35)15-32,37-25(36-24)17-8-11-31(4)12-9-17)27(20,3)14-22(34)28(19,30)26(18,2)10-7-21(16)33/h7,10,17,19-20,22,24-25,32,34H,5-6,8-9,11-15H2,1-4H3/t19-,20-,22-,24+,25?,26-,27-,28-,29+/m0/s1. The Morgan fingerprint density at radius 1 is 1.22 bits per heavy atom. The first kappa shape index (κ1) is 25.8. The first-order valence-corrected chi connectivity index (χ1v) is 13.9. The van der Waals surface area contributed by atoms with Gasteiger partial charge in [-0.2, -0.15) is 0 Å². The van der Waals surface area contributed by atoms with Crippen LogP contribution in [0.25, 0.3) is 0 Å². The van der Waals surface area contributed by atoms with E-state index in [4.69, 9.17) is 9.47 Å². The highest BCUT2D eigenvalue weighted by molar-refractivity contribution is 6.05. The van der Waals surface area contributed by atoms with E-state index in [2.05, 4.69) is 11.9 Å². The van der Waals surface area contributed by atoms with Gasteiger partial charge in [-0.1, -0.05) is 18.6 Å². The van der Waals surface area contributed by atoms with Crippen molar-refractivity contribution in [3.63, 3.8) is 0 Å². The topological polar surface area (TPSA) is 96.3 Å². The third-order valence-electron chi connectivity index (χ3n) is 11.5. The molecule has 2 heterocycles. The third-order valence-corrected chi connectivity index (χ3v) is 11.5. The molecule has 0 bridgehead atoms. The Morgan fingerprint density at radius 3 is 2.59 bits per heavy atom. The minimum absolute atomic E-state index is 0.0279. The molecule has 7 nitrogen and oxygen atoms in total. The van der Waals surface area contributed by atoms with Crippen molar-refractivity contribution in [3.05, 3.63) is 23.3 Å². The number of likely N-dealkylation sites (tertiary alicyclic amines) is 1. The number of fused-ring (bicyclic) bond motifs is 7. The molecule has 0 aromatic heterocycles. The average molecular weight is 518 g/mol. The van der Waals surface area contributed by atoms with Gasteiger partial charge in [0.15, 0.2) is 29.1 Å². The number of hydrogen-bond donors (Lipinski definition) is 2. The Hall–Kier alpha value is -1.45. The quantitative estimate of drug-likeness (QED) is 0.594. The number of halogens is 1. The van der Waals surface area contributed by atoms with Crippen LogP contribution in [0.1, 0.15) is 59.3 Å². The first-order valence-electron chi connectivity index (χ1n) is 13.9. The molecule has 0 amide bonds. The molecule has 8 heteroatoms. The lowest BCUT2D eigenvalue weighted by atomic mass is 9.44. The van der Waals surface area contributed by atoms with Gasteiger partial charge in [-0.25, -0.2) is 4.39 Å². The van der Waals surface area contributed by atoms with Gasteiger partial charge in [0.2, 0.25) is 0 Å². The molecule has 9 atom stereocenters. The van der Waals surface area contributed by atoms with E-state index in [9.17, 15) is 19.8 Å². The molecular formula is C29H40FNO6. The summed E-state index contributed by atoms with van der Waals surface area (Å²) in [5, 5.41) is 21.8. The molecule has 0 radical (unpaired) electrons. The second-order valence-corrected chi connectivity index (χ2v) is 13.0. The van der Waals surface area contributed by atoms with E-state index in [1.807, 2.05) is 6.92 Å². The molecule has 0 aromatic rings. The highest BCUT2D eigenvalue weighted by atomic mass is 19.1. The minimum Gasteiger partial charge on any atom is -0.390 e. The predicted octanol–water partition coefficient (Wildman–Crippen LogP) is 2.74. The Labute approximate surface area is 218 Å². The van der Waals surface area contributed by atoms with E-state index in [0.717, 1.165) is 31.5 Å². The fourth-order valence-corrected chi connectivity index (χ4v) is 9.48. The summed E-state index contributed by atoms with van der Waals surface area (Å²) in [6, 6.07) is 0. The maximum Gasteiger partial charge on any atom is 0.193 e. The lowest BCUT2D eigenvalue weighted by molar-refractivity contribution is -0.236. The molecule has 6 aliphatic rings. The molecule has 5 fully saturated rings. The molecule has 1 unspecified atom stereocenters. The van der Waals surface area contributed by atoms with Crippen molar-refractivity contribution in [2.24, 2.45) is 28.6 Å². The summed E-state index contributed by atoms with van der Waals surface area (Å²) >= 11 is 0. The van der Waals surface area contributed by atoms with Crippen molar-refractivity contribution in [2.45, 2.75) is 89.1 Å². The maximum atomic E-state index is 17.6. The van der Waals surface area contributed by atoms with Crippen molar-refractivity contribution in [2.75, 3.05) is 26.7 Å². The number of carbonyl (C=O) groups is 2. The number of ether oxygens (including phenoxy) is 2. The molecular weight excluding hydrogens is 477 g/mol. The van der Waals surface area contributed by atoms with Crippen LogP contribution in [0.2, 0.25) is 0 Å². The number of aliphatic hydroxyl groups is 2. The second-order valence-electron chi connectivity index (χ2n) is 13.0. The van der Waals surface area contributed by atoms with Crippen LogP contribution in [0.4, 0.5) is 4.39 Å². The van der Waals surface area contributed by atoms with E-state index >= 15 is 4.39 Å². The number of allylic oxidation sites excluding steroid dienone is 4. The average Bonchev–Trinajstić information content (AvgIpc) is 3.36. The minimum atomic E-state index is -1.99. The lowest BCUT2D eigenvalue weighted by Gasteiger charge is -2.63. The van der Waals surface area contributed by atoms with Crippen LogP contribution >= 0.6 is 0 Å². The fraction of sp³-hybridized carbons (Fsp3) is 0.793. The van der Waals surface area contributed by atoms with Crippen LogP contribution in [0, 0.1) is 28.6 Å². The van der Waals surface area contributed by atoms with Crippen molar-refractivity contribution >= 4 is 11.6 Å². The Kier molecular flexibility index (Phi) is 5.77. The van der Waals surface area contributed by atoms with Gasteiger partial charge in [0.1, 0.15) is 6.61 Å². The summed E-state index contributed by atoms with van der Waals surface area (Å²) in [7, 11) is 2.08. The number of piperidine rings is 1. The molecule has 4 aliphatic carbocycles. The van der Waals surface area contributed by atoms with E-state index in [1.54, 1.807) is 19.9 Å². The van der Waals surface area contributed by atoms with Crippen LogP contribution in [0.5, 0.6) is 0 Å². The molecule has 204 valence electrons. The number of Topliss-reactive ketones (excluding diaryl/α,β-unsaturated/α-hetero) is 1. The van der Waals surface area contributed by atoms with E-state index in [1.165, 1.54) is 6.08 Å². The summed E-state index contributed by atoms with van der Waals surface area (Å²) in [5.41, 5.74) is -4.04. The number of rotatable bonds is 3. The van der Waals surface area contributed by atoms with Gasteiger partial charge in [-0.3, -0.25) is 9.59 Å². The predicted molar refractivity (Wildman–Crippen MR) is 133 cm³/mol. The van der Waals surface area contributed by atoms with Crippen molar-refractivity contribution in [1.29, 1.82) is 0 Å². The highest BCUT2D eigenvalue weighted by Crippen LogP contribution is 2.72. The summed E-state index contributed by atoms with van der Waals surface area (Å²) in [6.07, 6.45) is 3.92. The smallest absolute Gasteiger partial charge is 0.193 e. The van der Waals surface area contributed by atoms with E-state index in [0.29, 0.717) is 24.8 Å². The largest absolute Gasteiger partial charge is 0.390 e. The van der Waals surface area contributed by atoms with Crippen molar-refractivity contribution in [3.8, 4) is 0 Å². The number of alkyl halides is 1. The van der Waals surface area contributed by atoms with Gasteiger partial charge in [0.25, 0.3) is 0 Å². The zero-order valence-electron chi connectivity index (χ0n) is 22.3. The van der Waals surface area contributed by atoms with Crippen molar-refractivity contribution in [1.82, 2.24) is 4.90 Å². The molecule has 6 rings (SSSR count). The number of carbonyl (C=O) groups excluding carboxylic acids is 2. The van der Waals surface area contributed by atoms with Gasteiger partial charge in [0, 0.05) is 22.7 Å². The second kappa shape index (κ2) is 8.28. The summed E-state index contributed by atoms with van der Waals surface area (Å²) in [6.45, 7) is 6.66. The van der Waals surface area contributed by atoms with Crippen LogP contribution in [0.3, 0.4) is 0 Å². The fourth-order valence-electron chi connectivity index (χ4n) is 9.48.